The minimum absolute atomic E-state index is 0.508. The molecule has 0 aliphatic heterocycles. The summed E-state index contributed by atoms with van der Waals surface area (Å²) in [6.45, 7) is 0. The lowest BCUT2D eigenvalue weighted by Crippen LogP contribution is -1.91. The molecule has 3 rings (SSSR count). The van der Waals surface area contributed by atoms with Crippen molar-refractivity contribution in [2.45, 2.75) is 0 Å². The third-order valence-electron chi connectivity index (χ3n) is 3.10. The number of hydrogen-bond acceptors (Lipinski definition) is 6. The first-order chi connectivity index (χ1) is 11.3. The van der Waals surface area contributed by atoms with Crippen LogP contribution in [0.5, 0.6) is 5.75 Å². The molecule has 2 aromatic heterocycles. The second kappa shape index (κ2) is 7.09. The molecule has 23 heavy (non-hydrogen) atoms. The molecular weight excluding hydrogens is 326 g/mol. The van der Waals surface area contributed by atoms with Gasteiger partial charge in [-0.25, -0.2) is 4.98 Å². The Hall–Kier alpha value is -2.62. The molecule has 114 valence electrons. The van der Waals surface area contributed by atoms with E-state index in [1.807, 2.05) is 47.2 Å². The largest absolute Gasteiger partial charge is 0.497 e. The number of methoxy groups -OCH3 is 1. The third-order valence-corrected chi connectivity index (χ3v) is 4.87. The molecule has 0 atom stereocenters. The van der Waals surface area contributed by atoms with Crippen LogP contribution in [0.3, 0.4) is 0 Å². The van der Waals surface area contributed by atoms with Gasteiger partial charge in [-0.3, -0.25) is 0 Å². The Morgan fingerprint density at radius 3 is 2.74 bits per heavy atom. The zero-order valence-electron chi connectivity index (χ0n) is 12.3. The number of nitrogens with zero attached hydrogens (tertiary/aromatic N) is 2. The maximum atomic E-state index is 9.37. The number of nitriles is 1. The summed E-state index contributed by atoms with van der Waals surface area (Å²) in [7, 11) is 1.63. The van der Waals surface area contributed by atoms with Crippen LogP contribution < -0.4 is 10.1 Å². The molecule has 0 amide bonds. The summed E-state index contributed by atoms with van der Waals surface area (Å²) in [6, 6.07) is 13.7. The predicted octanol–water partition coefficient (Wildman–Crippen LogP) is 4.86. The fourth-order valence-corrected chi connectivity index (χ4v) is 3.47. The van der Waals surface area contributed by atoms with E-state index < -0.39 is 0 Å². The fraction of sp³-hybridized carbons (Fsp3) is 0.0588. The number of aromatic nitrogens is 1. The van der Waals surface area contributed by atoms with E-state index in [4.69, 9.17) is 4.74 Å². The molecule has 0 aliphatic carbocycles. The van der Waals surface area contributed by atoms with Crippen LogP contribution in [0.15, 0.2) is 53.4 Å². The predicted molar refractivity (Wildman–Crippen MR) is 95.6 cm³/mol. The minimum atomic E-state index is 0.508. The smallest absolute Gasteiger partial charge is 0.136 e. The second-order valence-electron chi connectivity index (χ2n) is 4.56. The first-order valence-corrected chi connectivity index (χ1v) is 8.56. The summed E-state index contributed by atoms with van der Waals surface area (Å²) >= 11 is 3.10. The summed E-state index contributed by atoms with van der Waals surface area (Å²) in [5.74, 6) is 0.792. The number of thiazole rings is 1. The Balaban J connectivity index is 1.78. The molecule has 0 spiro atoms. The van der Waals surface area contributed by atoms with Gasteiger partial charge in [-0.05, 0) is 35.7 Å². The molecule has 0 saturated carbocycles. The highest BCUT2D eigenvalue weighted by atomic mass is 32.1. The zero-order chi connectivity index (χ0) is 16.1. The van der Waals surface area contributed by atoms with Crippen LogP contribution in [0.2, 0.25) is 0 Å². The van der Waals surface area contributed by atoms with Gasteiger partial charge in [0.1, 0.15) is 22.4 Å². The number of allylic oxidation sites excluding steroid dienone is 1. The van der Waals surface area contributed by atoms with Gasteiger partial charge in [0, 0.05) is 17.3 Å². The second-order valence-corrected chi connectivity index (χ2v) is 6.36. The maximum Gasteiger partial charge on any atom is 0.136 e. The normalized spacial score (nSPS) is 11.0. The fourth-order valence-electron chi connectivity index (χ4n) is 1.92. The minimum Gasteiger partial charge on any atom is -0.497 e. The molecule has 1 aromatic carbocycles. The lowest BCUT2D eigenvalue weighted by molar-refractivity contribution is 0.415. The van der Waals surface area contributed by atoms with Crippen molar-refractivity contribution in [1.29, 1.82) is 5.26 Å². The molecule has 0 saturated heterocycles. The summed E-state index contributed by atoms with van der Waals surface area (Å²) in [4.78, 5) is 5.65. The molecular formula is C17H13N3OS2. The lowest BCUT2D eigenvalue weighted by atomic mass is 10.3. The van der Waals surface area contributed by atoms with Gasteiger partial charge in [-0.1, -0.05) is 6.07 Å². The van der Waals surface area contributed by atoms with E-state index in [1.165, 1.54) is 11.3 Å². The van der Waals surface area contributed by atoms with Crippen LogP contribution >= 0.6 is 22.7 Å². The van der Waals surface area contributed by atoms with E-state index in [9.17, 15) is 5.26 Å². The SMILES string of the molecule is COc1ccc(N/C=C(\C#N)c2nc(-c3cccs3)cs2)cc1. The van der Waals surface area contributed by atoms with E-state index >= 15 is 0 Å². The van der Waals surface area contributed by atoms with Crippen LogP contribution in [-0.4, -0.2) is 12.1 Å². The van der Waals surface area contributed by atoms with E-state index in [2.05, 4.69) is 16.4 Å². The number of hydrogen-bond donors (Lipinski definition) is 1. The highest BCUT2D eigenvalue weighted by Gasteiger charge is 2.09. The van der Waals surface area contributed by atoms with Gasteiger partial charge in [0.25, 0.3) is 0 Å². The highest BCUT2D eigenvalue weighted by molar-refractivity contribution is 7.14. The van der Waals surface area contributed by atoms with Crippen molar-refractivity contribution in [3.05, 3.63) is 58.4 Å². The summed E-state index contributed by atoms with van der Waals surface area (Å²) in [6.07, 6.45) is 1.68. The topological polar surface area (TPSA) is 57.9 Å². The number of anilines is 1. The number of rotatable bonds is 5. The van der Waals surface area contributed by atoms with Crippen molar-refractivity contribution in [1.82, 2.24) is 4.98 Å². The van der Waals surface area contributed by atoms with Gasteiger partial charge in [-0.2, -0.15) is 5.26 Å². The lowest BCUT2D eigenvalue weighted by Gasteiger charge is -2.03. The highest BCUT2D eigenvalue weighted by Crippen LogP contribution is 2.29. The van der Waals surface area contributed by atoms with Crippen LogP contribution in [-0.2, 0) is 0 Å². The number of ether oxygens (including phenoxy) is 1. The Morgan fingerprint density at radius 1 is 1.26 bits per heavy atom. The van der Waals surface area contributed by atoms with Crippen molar-refractivity contribution in [3.8, 4) is 22.4 Å². The van der Waals surface area contributed by atoms with Gasteiger partial charge >= 0.3 is 0 Å². The monoisotopic (exact) mass is 339 g/mol. The van der Waals surface area contributed by atoms with Crippen molar-refractivity contribution in [2.24, 2.45) is 0 Å². The average Bonchev–Trinajstić information content (AvgIpc) is 3.27. The van der Waals surface area contributed by atoms with Crippen molar-refractivity contribution >= 4 is 33.9 Å². The van der Waals surface area contributed by atoms with Crippen LogP contribution in [0, 0.1) is 11.3 Å². The zero-order valence-corrected chi connectivity index (χ0v) is 13.9. The standard InChI is InChI=1S/C17H13N3OS2/c1-21-14-6-4-13(5-7-14)19-10-12(9-18)17-20-15(11-23-17)16-3-2-8-22-16/h2-8,10-11,19H,1H3/b12-10+. The molecule has 6 heteroatoms. The number of benzene rings is 1. The van der Waals surface area contributed by atoms with Gasteiger partial charge in [0.05, 0.1) is 17.7 Å². The molecule has 4 nitrogen and oxygen atoms in total. The summed E-state index contributed by atoms with van der Waals surface area (Å²) in [5.41, 5.74) is 2.30. The molecule has 3 aromatic rings. The Bertz CT molecular complexity index is 843. The molecule has 0 unspecified atom stereocenters. The van der Waals surface area contributed by atoms with Crippen LogP contribution in [0.4, 0.5) is 5.69 Å². The van der Waals surface area contributed by atoms with Gasteiger partial charge in [-0.15, -0.1) is 22.7 Å². The van der Waals surface area contributed by atoms with Crippen LogP contribution in [0.25, 0.3) is 16.1 Å². The summed E-state index contributed by atoms with van der Waals surface area (Å²) in [5, 5.41) is 17.2. The molecule has 0 bridgehead atoms. The van der Waals surface area contributed by atoms with E-state index in [0.717, 1.165) is 22.0 Å². The Labute approximate surface area is 142 Å². The van der Waals surface area contributed by atoms with Crippen molar-refractivity contribution < 1.29 is 4.74 Å². The van der Waals surface area contributed by atoms with Gasteiger partial charge in [0.15, 0.2) is 0 Å². The summed E-state index contributed by atoms with van der Waals surface area (Å²) < 4.78 is 5.12. The molecule has 1 N–H and O–H groups in total. The van der Waals surface area contributed by atoms with Crippen molar-refractivity contribution in [3.63, 3.8) is 0 Å². The molecule has 0 aliphatic rings. The van der Waals surface area contributed by atoms with E-state index in [1.54, 1.807) is 24.6 Å². The Kier molecular flexibility index (Phi) is 4.71. The van der Waals surface area contributed by atoms with Gasteiger partial charge in [0.2, 0.25) is 0 Å². The molecule has 0 fully saturated rings. The number of thiophene rings is 1. The first-order valence-electron chi connectivity index (χ1n) is 6.81. The van der Waals surface area contributed by atoms with E-state index in [0.29, 0.717) is 10.6 Å². The van der Waals surface area contributed by atoms with Gasteiger partial charge < -0.3 is 10.1 Å². The van der Waals surface area contributed by atoms with Crippen molar-refractivity contribution in [2.75, 3.05) is 12.4 Å². The third kappa shape index (κ3) is 3.59. The van der Waals surface area contributed by atoms with E-state index in [-0.39, 0.29) is 0 Å². The molecule has 2 heterocycles. The van der Waals surface area contributed by atoms with Crippen LogP contribution in [0.1, 0.15) is 5.01 Å². The molecule has 0 radical (unpaired) electrons. The number of nitrogens with one attached hydrogen (secondary N) is 1. The first kappa shape index (κ1) is 15.3. The maximum absolute atomic E-state index is 9.37. The average molecular weight is 339 g/mol. The quantitative estimate of drug-likeness (QED) is 0.675. The Morgan fingerprint density at radius 2 is 2.09 bits per heavy atom.